The Morgan fingerprint density at radius 2 is 2.05 bits per heavy atom. The highest BCUT2D eigenvalue weighted by molar-refractivity contribution is 5.48. The highest BCUT2D eigenvalue weighted by atomic mass is 15.3. The van der Waals surface area contributed by atoms with Crippen LogP contribution in [0.4, 0.5) is 5.82 Å². The van der Waals surface area contributed by atoms with Gasteiger partial charge in [0.1, 0.15) is 23.8 Å². The number of rotatable bonds is 3. The molecule has 3 rings (SSSR count). The maximum Gasteiger partial charge on any atom is 0.146 e. The minimum absolute atomic E-state index is 0.804. The number of fused-ring (bicyclic) bond motifs is 1. The second kappa shape index (κ2) is 5.40. The molecule has 0 unspecified atom stereocenters. The molecule has 0 amide bonds. The molecule has 0 fully saturated rings. The standard InChI is InChI=1S/C14H21N7/c1-10-17-18-13(20(10)4)8-21-6-5-12-11(7-21)14(19(2)3)16-9-15-12/h9H,5-8H2,1-4H3. The smallest absolute Gasteiger partial charge is 0.146 e. The number of hydrogen-bond acceptors (Lipinski definition) is 6. The molecular formula is C14H21N7. The summed E-state index contributed by atoms with van der Waals surface area (Å²) in [6.45, 7) is 4.62. The SMILES string of the molecule is Cc1nnc(CN2CCc3ncnc(N(C)C)c3C2)n1C. The van der Waals surface area contributed by atoms with Gasteiger partial charge in [0.2, 0.25) is 0 Å². The lowest BCUT2D eigenvalue weighted by molar-refractivity contribution is 0.234. The molecule has 1 aliphatic rings. The van der Waals surface area contributed by atoms with Crippen molar-refractivity contribution in [3.8, 4) is 0 Å². The molecule has 0 saturated carbocycles. The first-order chi connectivity index (χ1) is 10.1. The minimum Gasteiger partial charge on any atom is -0.362 e. The third-order valence-electron chi connectivity index (χ3n) is 4.03. The van der Waals surface area contributed by atoms with E-state index in [1.807, 2.05) is 32.6 Å². The number of hydrogen-bond donors (Lipinski definition) is 0. The Morgan fingerprint density at radius 3 is 2.71 bits per heavy atom. The Labute approximate surface area is 124 Å². The molecule has 112 valence electrons. The Bertz CT molecular complexity index is 647. The van der Waals surface area contributed by atoms with E-state index in [1.54, 1.807) is 6.33 Å². The van der Waals surface area contributed by atoms with Gasteiger partial charge in [-0.25, -0.2) is 9.97 Å². The molecule has 7 nitrogen and oxygen atoms in total. The third-order valence-corrected chi connectivity index (χ3v) is 4.03. The fourth-order valence-electron chi connectivity index (χ4n) is 2.69. The number of aryl methyl sites for hydroxylation is 1. The predicted octanol–water partition coefficient (Wildman–Crippen LogP) is 0.538. The van der Waals surface area contributed by atoms with E-state index >= 15 is 0 Å². The van der Waals surface area contributed by atoms with Crippen LogP contribution in [0.5, 0.6) is 0 Å². The number of anilines is 1. The summed E-state index contributed by atoms with van der Waals surface area (Å²) >= 11 is 0. The maximum atomic E-state index is 4.43. The Balaban J connectivity index is 1.82. The molecule has 0 N–H and O–H groups in total. The van der Waals surface area contributed by atoms with Gasteiger partial charge in [-0.1, -0.05) is 0 Å². The van der Waals surface area contributed by atoms with Gasteiger partial charge in [-0.2, -0.15) is 0 Å². The summed E-state index contributed by atoms with van der Waals surface area (Å²) in [5.41, 5.74) is 2.40. The van der Waals surface area contributed by atoms with Gasteiger partial charge in [0.15, 0.2) is 0 Å². The van der Waals surface area contributed by atoms with Crippen LogP contribution in [0.15, 0.2) is 6.33 Å². The van der Waals surface area contributed by atoms with E-state index in [0.29, 0.717) is 0 Å². The monoisotopic (exact) mass is 287 g/mol. The predicted molar refractivity (Wildman–Crippen MR) is 79.9 cm³/mol. The molecule has 2 aromatic rings. The average molecular weight is 287 g/mol. The van der Waals surface area contributed by atoms with E-state index < -0.39 is 0 Å². The normalized spacial score (nSPS) is 15.0. The summed E-state index contributed by atoms with van der Waals surface area (Å²) in [6, 6.07) is 0. The maximum absolute atomic E-state index is 4.43. The first-order valence-corrected chi connectivity index (χ1v) is 7.13. The van der Waals surface area contributed by atoms with Gasteiger partial charge >= 0.3 is 0 Å². The summed E-state index contributed by atoms with van der Waals surface area (Å²) < 4.78 is 2.05. The summed E-state index contributed by atoms with van der Waals surface area (Å²) in [6.07, 6.45) is 2.62. The number of nitrogens with zero attached hydrogens (tertiary/aromatic N) is 7. The zero-order valence-electron chi connectivity index (χ0n) is 13.0. The molecule has 7 heteroatoms. The molecule has 0 radical (unpaired) electrons. The molecule has 21 heavy (non-hydrogen) atoms. The number of aromatic nitrogens is 5. The van der Waals surface area contributed by atoms with Gasteiger partial charge in [-0.05, 0) is 6.92 Å². The van der Waals surface area contributed by atoms with Crippen LogP contribution in [-0.4, -0.2) is 50.3 Å². The van der Waals surface area contributed by atoms with E-state index in [1.165, 1.54) is 11.3 Å². The van der Waals surface area contributed by atoms with Gasteiger partial charge in [0.05, 0.1) is 12.2 Å². The zero-order valence-corrected chi connectivity index (χ0v) is 13.0. The van der Waals surface area contributed by atoms with E-state index in [9.17, 15) is 0 Å². The first-order valence-electron chi connectivity index (χ1n) is 7.13. The van der Waals surface area contributed by atoms with Crippen molar-refractivity contribution in [2.24, 2.45) is 7.05 Å². The Morgan fingerprint density at radius 1 is 1.24 bits per heavy atom. The fraction of sp³-hybridized carbons (Fsp3) is 0.571. The van der Waals surface area contributed by atoms with Gasteiger partial charge < -0.3 is 9.47 Å². The van der Waals surface area contributed by atoms with Crippen LogP contribution in [0, 0.1) is 6.92 Å². The van der Waals surface area contributed by atoms with Crippen molar-refractivity contribution in [1.82, 2.24) is 29.6 Å². The Kier molecular flexibility index (Phi) is 3.59. The lowest BCUT2D eigenvalue weighted by Gasteiger charge is -2.29. The third kappa shape index (κ3) is 2.61. The molecule has 0 bridgehead atoms. The molecule has 2 aromatic heterocycles. The van der Waals surface area contributed by atoms with Crippen molar-refractivity contribution in [2.45, 2.75) is 26.4 Å². The van der Waals surface area contributed by atoms with Crippen molar-refractivity contribution in [2.75, 3.05) is 25.5 Å². The largest absolute Gasteiger partial charge is 0.362 e. The van der Waals surface area contributed by atoms with E-state index in [2.05, 4.69) is 30.0 Å². The molecule has 1 aliphatic heterocycles. The van der Waals surface area contributed by atoms with Gasteiger partial charge in [-0.15, -0.1) is 10.2 Å². The van der Waals surface area contributed by atoms with Crippen LogP contribution in [0.1, 0.15) is 22.9 Å². The molecular weight excluding hydrogens is 266 g/mol. The second-order valence-corrected chi connectivity index (χ2v) is 5.70. The molecule has 0 saturated heterocycles. The highest BCUT2D eigenvalue weighted by Crippen LogP contribution is 2.25. The summed E-state index contributed by atoms with van der Waals surface area (Å²) in [5.74, 6) is 2.96. The second-order valence-electron chi connectivity index (χ2n) is 5.70. The van der Waals surface area contributed by atoms with E-state index in [-0.39, 0.29) is 0 Å². The quantitative estimate of drug-likeness (QED) is 0.821. The molecule has 3 heterocycles. The summed E-state index contributed by atoms with van der Waals surface area (Å²) in [4.78, 5) is 13.3. The fourth-order valence-corrected chi connectivity index (χ4v) is 2.69. The van der Waals surface area contributed by atoms with Gasteiger partial charge in [-0.3, -0.25) is 4.90 Å². The Hall–Kier alpha value is -2.02. The highest BCUT2D eigenvalue weighted by Gasteiger charge is 2.23. The minimum atomic E-state index is 0.804. The van der Waals surface area contributed by atoms with E-state index in [4.69, 9.17) is 0 Å². The molecule has 0 aliphatic carbocycles. The summed E-state index contributed by atoms with van der Waals surface area (Å²) in [7, 11) is 6.05. The van der Waals surface area contributed by atoms with Crippen LogP contribution in [-0.2, 0) is 26.6 Å². The van der Waals surface area contributed by atoms with Crippen LogP contribution in [0.2, 0.25) is 0 Å². The van der Waals surface area contributed by atoms with Crippen LogP contribution >= 0.6 is 0 Å². The average Bonchev–Trinajstić information content (AvgIpc) is 2.78. The van der Waals surface area contributed by atoms with Crippen LogP contribution < -0.4 is 4.90 Å². The zero-order chi connectivity index (χ0) is 15.0. The molecule has 0 aromatic carbocycles. The van der Waals surface area contributed by atoms with Crippen molar-refractivity contribution < 1.29 is 0 Å². The van der Waals surface area contributed by atoms with Crippen LogP contribution in [0.3, 0.4) is 0 Å². The molecule has 0 atom stereocenters. The van der Waals surface area contributed by atoms with Crippen LogP contribution in [0.25, 0.3) is 0 Å². The first kappa shape index (κ1) is 13.9. The summed E-state index contributed by atoms with van der Waals surface area (Å²) in [5, 5.41) is 8.38. The molecule has 0 spiro atoms. The lowest BCUT2D eigenvalue weighted by Crippen LogP contribution is -2.33. The van der Waals surface area contributed by atoms with Gasteiger partial charge in [0.25, 0.3) is 0 Å². The van der Waals surface area contributed by atoms with Crippen molar-refractivity contribution >= 4 is 5.82 Å². The van der Waals surface area contributed by atoms with Crippen molar-refractivity contribution in [1.29, 1.82) is 0 Å². The van der Waals surface area contributed by atoms with Crippen molar-refractivity contribution in [3.63, 3.8) is 0 Å². The lowest BCUT2D eigenvalue weighted by atomic mass is 10.1. The topological polar surface area (TPSA) is 63.0 Å². The van der Waals surface area contributed by atoms with Crippen molar-refractivity contribution in [3.05, 3.63) is 29.2 Å². The van der Waals surface area contributed by atoms with E-state index in [0.717, 1.165) is 43.5 Å². The van der Waals surface area contributed by atoms with Gasteiger partial charge in [0, 0.05) is 46.2 Å².